The van der Waals surface area contributed by atoms with Gasteiger partial charge in [0.2, 0.25) is 0 Å². The molecule has 2 heterocycles. The molecule has 1 aromatic heterocycles. The first-order chi connectivity index (χ1) is 13.0. The van der Waals surface area contributed by atoms with Crippen LogP contribution in [-0.2, 0) is 13.0 Å². The van der Waals surface area contributed by atoms with Crippen LogP contribution in [0.5, 0.6) is 11.5 Å². The second-order valence-corrected chi connectivity index (χ2v) is 6.30. The quantitative estimate of drug-likeness (QED) is 0.789. The predicted molar refractivity (Wildman–Crippen MR) is 104 cm³/mol. The lowest BCUT2D eigenvalue weighted by atomic mass is 9.98. The second-order valence-electron chi connectivity index (χ2n) is 6.30. The second kappa shape index (κ2) is 8.07. The Labute approximate surface area is 159 Å². The van der Waals surface area contributed by atoms with Crippen molar-refractivity contribution in [1.82, 2.24) is 15.3 Å². The van der Waals surface area contributed by atoms with E-state index in [2.05, 4.69) is 26.8 Å². The number of nitrogens with one attached hydrogen (secondary N) is 1. The summed E-state index contributed by atoms with van der Waals surface area (Å²) in [7, 11) is 3.27. The number of carbonyl (C=O) groups excluding carboxylic acids is 1. The number of ether oxygens (including phenoxy) is 2. The molecule has 0 aliphatic carbocycles. The number of aromatic nitrogens is 2. The van der Waals surface area contributed by atoms with Crippen LogP contribution in [0.1, 0.15) is 27.4 Å². The van der Waals surface area contributed by atoms with Crippen LogP contribution in [0.4, 0.5) is 5.82 Å². The Kier molecular flexibility index (Phi) is 5.59. The third-order valence-electron chi connectivity index (χ3n) is 4.51. The molecule has 0 bridgehead atoms. The molecular weight excluding hydrogens is 344 g/mol. The largest absolute Gasteiger partial charge is 0.493 e. The van der Waals surface area contributed by atoms with E-state index in [0.717, 1.165) is 30.1 Å². The maximum Gasteiger partial charge on any atom is 0.270 e. The van der Waals surface area contributed by atoms with Gasteiger partial charge in [0.1, 0.15) is 17.3 Å². The molecule has 3 rings (SSSR count). The molecule has 0 saturated heterocycles. The Morgan fingerprint density at radius 1 is 1.22 bits per heavy atom. The maximum absolute atomic E-state index is 12.2. The number of rotatable bonds is 6. The molecule has 2 aromatic rings. The van der Waals surface area contributed by atoms with E-state index in [4.69, 9.17) is 9.47 Å². The van der Waals surface area contributed by atoms with Gasteiger partial charge in [0.05, 0.1) is 14.2 Å². The van der Waals surface area contributed by atoms with Crippen LogP contribution in [0.15, 0.2) is 30.9 Å². The molecule has 0 spiro atoms. The lowest BCUT2D eigenvalue weighted by Crippen LogP contribution is -2.32. The number of benzene rings is 1. The van der Waals surface area contributed by atoms with Crippen LogP contribution >= 0.6 is 0 Å². The molecule has 1 aliphatic rings. The summed E-state index contributed by atoms with van der Waals surface area (Å²) in [6.07, 6.45) is 2.49. The molecule has 1 aliphatic heterocycles. The fraction of sp³-hybridized carbons (Fsp3) is 0.350. The summed E-state index contributed by atoms with van der Waals surface area (Å²) < 4.78 is 10.8. The van der Waals surface area contributed by atoms with Gasteiger partial charge in [-0.15, -0.1) is 6.58 Å². The average Bonchev–Trinajstić information content (AvgIpc) is 2.69. The van der Waals surface area contributed by atoms with Crippen molar-refractivity contribution >= 4 is 11.7 Å². The lowest BCUT2D eigenvalue weighted by Gasteiger charge is -2.30. The number of hydrogen-bond donors (Lipinski definition) is 1. The molecule has 142 valence electrons. The predicted octanol–water partition coefficient (Wildman–Crippen LogP) is 2.28. The van der Waals surface area contributed by atoms with E-state index in [9.17, 15) is 4.79 Å². The third kappa shape index (κ3) is 4.02. The zero-order valence-corrected chi connectivity index (χ0v) is 15.9. The minimum atomic E-state index is -0.231. The number of methoxy groups -OCH3 is 2. The van der Waals surface area contributed by atoms with Gasteiger partial charge in [-0.3, -0.25) is 4.79 Å². The van der Waals surface area contributed by atoms with Crippen molar-refractivity contribution in [2.45, 2.75) is 19.9 Å². The Balaban J connectivity index is 1.87. The van der Waals surface area contributed by atoms with Gasteiger partial charge >= 0.3 is 0 Å². The average molecular weight is 368 g/mol. The van der Waals surface area contributed by atoms with Gasteiger partial charge in [-0.2, -0.15) is 0 Å². The number of carbonyl (C=O) groups is 1. The van der Waals surface area contributed by atoms with Crippen molar-refractivity contribution in [3.05, 3.63) is 53.5 Å². The zero-order chi connectivity index (χ0) is 19.4. The number of anilines is 1. The van der Waals surface area contributed by atoms with E-state index in [0.29, 0.717) is 30.4 Å². The monoisotopic (exact) mass is 368 g/mol. The van der Waals surface area contributed by atoms with Crippen LogP contribution in [0.2, 0.25) is 0 Å². The minimum Gasteiger partial charge on any atom is -0.493 e. The van der Waals surface area contributed by atoms with Gasteiger partial charge in [0, 0.05) is 25.7 Å². The molecule has 27 heavy (non-hydrogen) atoms. The van der Waals surface area contributed by atoms with Crippen molar-refractivity contribution < 1.29 is 14.3 Å². The fourth-order valence-corrected chi connectivity index (χ4v) is 3.16. The molecule has 0 radical (unpaired) electrons. The molecule has 1 N–H and O–H groups in total. The Morgan fingerprint density at radius 3 is 2.59 bits per heavy atom. The summed E-state index contributed by atoms with van der Waals surface area (Å²) in [6.45, 7) is 7.28. The van der Waals surface area contributed by atoms with Crippen LogP contribution in [0.25, 0.3) is 0 Å². The minimum absolute atomic E-state index is 0.231. The van der Waals surface area contributed by atoms with E-state index in [1.54, 1.807) is 33.3 Å². The van der Waals surface area contributed by atoms with E-state index < -0.39 is 0 Å². The van der Waals surface area contributed by atoms with Crippen molar-refractivity contribution in [1.29, 1.82) is 0 Å². The van der Waals surface area contributed by atoms with Gasteiger partial charge < -0.3 is 19.7 Å². The Bertz CT molecular complexity index is 867. The van der Waals surface area contributed by atoms with Gasteiger partial charge in [0.15, 0.2) is 11.5 Å². The summed E-state index contributed by atoms with van der Waals surface area (Å²) in [5.74, 6) is 2.52. The molecule has 1 amide bonds. The van der Waals surface area contributed by atoms with Crippen molar-refractivity contribution in [3.8, 4) is 11.5 Å². The molecule has 1 aromatic carbocycles. The highest BCUT2D eigenvalue weighted by molar-refractivity contribution is 5.93. The van der Waals surface area contributed by atoms with Crippen LogP contribution in [0, 0.1) is 6.92 Å². The molecule has 7 heteroatoms. The Hall–Kier alpha value is -3.09. The fourth-order valence-electron chi connectivity index (χ4n) is 3.16. The topological polar surface area (TPSA) is 76.6 Å². The van der Waals surface area contributed by atoms with Crippen LogP contribution in [0.3, 0.4) is 0 Å². The van der Waals surface area contributed by atoms with Gasteiger partial charge in [-0.1, -0.05) is 6.08 Å². The molecule has 0 fully saturated rings. The summed E-state index contributed by atoms with van der Waals surface area (Å²) >= 11 is 0. The maximum atomic E-state index is 12.2. The standard InChI is InChI=1S/C20H24N4O3/c1-5-7-21-20(25)16-11-19(23-13(2)22-16)24-8-6-14-9-17(26-3)18(27-4)10-15(14)12-24/h5,9-11H,1,6-8,12H2,2-4H3,(H,21,25). The molecule has 0 unspecified atom stereocenters. The smallest absolute Gasteiger partial charge is 0.270 e. The van der Waals surface area contributed by atoms with Crippen LogP contribution in [-0.4, -0.2) is 43.2 Å². The number of nitrogens with zero attached hydrogens (tertiary/aromatic N) is 3. The third-order valence-corrected chi connectivity index (χ3v) is 4.51. The first kappa shape index (κ1) is 18.7. The van der Waals surface area contributed by atoms with E-state index in [1.165, 1.54) is 5.56 Å². The summed E-state index contributed by atoms with van der Waals surface area (Å²) in [5, 5.41) is 2.75. The summed E-state index contributed by atoms with van der Waals surface area (Å²) in [6, 6.07) is 5.77. The Morgan fingerprint density at radius 2 is 1.93 bits per heavy atom. The zero-order valence-electron chi connectivity index (χ0n) is 15.9. The normalized spacial score (nSPS) is 12.9. The lowest BCUT2D eigenvalue weighted by molar-refractivity contribution is 0.0952. The van der Waals surface area contributed by atoms with Crippen molar-refractivity contribution in [2.24, 2.45) is 0 Å². The highest BCUT2D eigenvalue weighted by Gasteiger charge is 2.22. The molecule has 0 atom stereocenters. The highest BCUT2D eigenvalue weighted by atomic mass is 16.5. The first-order valence-corrected chi connectivity index (χ1v) is 8.79. The van der Waals surface area contributed by atoms with Crippen molar-refractivity contribution in [2.75, 3.05) is 32.2 Å². The number of aryl methyl sites for hydroxylation is 1. The number of amides is 1. The SMILES string of the molecule is C=CCNC(=O)c1cc(N2CCc3cc(OC)c(OC)cc3C2)nc(C)n1. The molecule has 0 saturated carbocycles. The van der Waals surface area contributed by atoms with E-state index >= 15 is 0 Å². The number of hydrogen-bond acceptors (Lipinski definition) is 6. The van der Waals surface area contributed by atoms with E-state index in [1.807, 2.05) is 12.1 Å². The van der Waals surface area contributed by atoms with Gasteiger partial charge in [-0.05, 0) is 36.6 Å². The summed E-state index contributed by atoms with van der Waals surface area (Å²) in [4.78, 5) is 23.2. The molecule has 7 nitrogen and oxygen atoms in total. The first-order valence-electron chi connectivity index (χ1n) is 8.79. The van der Waals surface area contributed by atoms with Crippen molar-refractivity contribution in [3.63, 3.8) is 0 Å². The molecular formula is C20H24N4O3. The van der Waals surface area contributed by atoms with Gasteiger partial charge in [-0.25, -0.2) is 9.97 Å². The highest BCUT2D eigenvalue weighted by Crippen LogP contribution is 2.34. The van der Waals surface area contributed by atoms with E-state index in [-0.39, 0.29) is 5.91 Å². The van der Waals surface area contributed by atoms with Crippen LogP contribution < -0.4 is 19.7 Å². The van der Waals surface area contributed by atoms with Gasteiger partial charge in [0.25, 0.3) is 5.91 Å². The number of fused-ring (bicyclic) bond motifs is 1. The summed E-state index contributed by atoms with van der Waals surface area (Å²) in [5.41, 5.74) is 2.75.